The van der Waals surface area contributed by atoms with Gasteiger partial charge >= 0.3 is 12.0 Å². The molecule has 1 aliphatic rings. The molecule has 0 bridgehead atoms. The Balaban J connectivity index is 1.86. The number of carboxylic acids is 1. The van der Waals surface area contributed by atoms with Crippen molar-refractivity contribution >= 4 is 17.7 Å². The Morgan fingerprint density at radius 2 is 1.86 bits per heavy atom. The number of carbonyl (C=O) groups excluding carboxylic acids is 1. The predicted molar refractivity (Wildman–Crippen MR) is 81.3 cm³/mol. The first-order chi connectivity index (χ1) is 9.95. The first kappa shape index (κ1) is 15.4. The molecule has 3 unspecified atom stereocenters. The largest absolute Gasteiger partial charge is 0.481 e. The summed E-state index contributed by atoms with van der Waals surface area (Å²) in [6, 6.07) is 6.89. The van der Waals surface area contributed by atoms with Crippen LogP contribution in [0.3, 0.4) is 0 Å². The first-order valence-corrected chi connectivity index (χ1v) is 7.34. The molecule has 1 aliphatic carbocycles. The molecule has 114 valence electrons. The van der Waals surface area contributed by atoms with E-state index in [1.54, 1.807) is 24.3 Å². The molecule has 3 N–H and O–H groups in total. The average molecular weight is 290 g/mol. The maximum Gasteiger partial charge on any atom is 0.319 e. The van der Waals surface area contributed by atoms with E-state index in [9.17, 15) is 9.59 Å². The normalized spacial score (nSPS) is 24.6. The number of amides is 2. The number of aliphatic carboxylic acids is 1. The summed E-state index contributed by atoms with van der Waals surface area (Å²) in [6.45, 7) is 4.38. The third kappa shape index (κ3) is 4.21. The lowest BCUT2D eigenvalue weighted by molar-refractivity contribution is -0.136. The van der Waals surface area contributed by atoms with E-state index in [4.69, 9.17) is 5.11 Å². The highest BCUT2D eigenvalue weighted by Gasteiger charge is 2.30. The van der Waals surface area contributed by atoms with Crippen LogP contribution in [0.4, 0.5) is 10.5 Å². The molecular formula is C16H22N2O3. The number of anilines is 1. The second kappa shape index (κ2) is 6.61. The van der Waals surface area contributed by atoms with E-state index in [-0.39, 0.29) is 18.5 Å². The smallest absolute Gasteiger partial charge is 0.319 e. The van der Waals surface area contributed by atoms with Gasteiger partial charge in [-0.15, -0.1) is 0 Å². The van der Waals surface area contributed by atoms with Crippen LogP contribution in [0.5, 0.6) is 0 Å². The van der Waals surface area contributed by atoms with Crippen molar-refractivity contribution in [3.05, 3.63) is 29.8 Å². The van der Waals surface area contributed by atoms with Crippen LogP contribution in [0.25, 0.3) is 0 Å². The molecule has 21 heavy (non-hydrogen) atoms. The molecule has 2 amide bonds. The third-order valence-corrected chi connectivity index (χ3v) is 4.35. The van der Waals surface area contributed by atoms with Crippen molar-refractivity contribution in [1.29, 1.82) is 0 Å². The van der Waals surface area contributed by atoms with Crippen LogP contribution in [0.2, 0.25) is 0 Å². The monoisotopic (exact) mass is 290 g/mol. The summed E-state index contributed by atoms with van der Waals surface area (Å²) in [5.41, 5.74) is 1.38. The zero-order chi connectivity index (χ0) is 15.4. The maximum atomic E-state index is 12.0. The van der Waals surface area contributed by atoms with Crippen molar-refractivity contribution in [1.82, 2.24) is 5.32 Å². The Hall–Kier alpha value is -2.04. The lowest BCUT2D eigenvalue weighted by atomic mass is 9.98. The van der Waals surface area contributed by atoms with Gasteiger partial charge in [-0.05, 0) is 42.4 Å². The minimum absolute atomic E-state index is 0.00997. The van der Waals surface area contributed by atoms with Crippen molar-refractivity contribution in [2.24, 2.45) is 11.8 Å². The molecule has 1 aromatic carbocycles. The Bertz CT molecular complexity index is 513. The number of hydrogen-bond acceptors (Lipinski definition) is 2. The Morgan fingerprint density at radius 1 is 1.19 bits per heavy atom. The molecular weight excluding hydrogens is 268 g/mol. The lowest BCUT2D eigenvalue weighted by Crippen LogP contribution is -2.40. The highest BCUT2D eigenvalue weighted by Crippen LogP contribution is 2.31. The predicted octanol–water partition coefficient (Wildman–Crippen LogP) is 2.87. The van der Waals surface area contributed by atoms with Crippen molar-refractivity contribution in [2.45, 2.75) is 39.2 Å². The summed E-state index contributed by atoms with van der Waals surface area (Å²) in [7, 11) is 0. The van der Waals surface area contributed by atoms with E-state index in [0.29, 0.717) is 23.1 Å². The molecule has 1 fully saturated rings. The van der Waals surface area contributed by atoms with Crippen LogP contribution in [0.15, 0.2) is 24.3 Å². The van der Waals surface area contributed by atoms with Gasteiger partial charge < -0.3 is 15.7 Å². The first-order valence-electron chi connectivity index (χ1n) is 7.34. The van der Waals surface area contributed by atoms with Gasteiger partial charge in [0, 0.05) is 11.7 Å². The fourth-order valence-electron chi connectivity index (χ4n) is 2.78. The summed E-state index contributed by atoms with van der Waals surface area (Å²) in [5.74, 6) is 0.275. The molecule has 0 spiro atoms. The summed E-state index contributed by atoms with van der Waals surface area (Å²) in [6.07, 6.45) is 2.16. The quantitative estimate of drug-likeness (QED) is 0.798. The van der Waals surface area contributed by atoms with Gasteiger partial charge in [-0.2, -0.15) is 0 Å². The summed E-state index contributed by atoms with van der Waals surface area (Å²) in [4.78, 5) is 22.6. The molecule has 0 aliphatic heterocycles. The van der Waals surface area contributed by atoms with Crippen LogP contribution in [-0.4, -0.2) is 23.1 Å². The number of carboxylic acid groups (broad SMARTS) is 1. The fraction of sp³-hybridized carbons (Fsp3) is 0.500. The van der Waals surface area contributed by atoms with E-state index in [2.05, 4.69) is 24.5 Å². The molecule has 1 saturated carbocycles. The lowest BCUT2D eigenvalue weighted by Gasteiger charge is -2.20. The summed E-state index contributed by atoms with van der Waals surface area (Å²) >= 11 is 0. The van der Waals surface area contributed by atoms with Crippen molar-refractivity contribution in [2.75, 3.05) is 5.32 Å². The summed E-state index contributed by atoms with van der Waals surface area (Å²) < 4.78 is 0. The van der Waals surface area contributed by atoms with E-state index in [0.717, 1.165) is 12.8 Å². The molecule has 0 radical (unpaired) electrons. The van der Waals surface area contributed by atoms with Crippen LogP contribution in [-0.2, 0) is 11.2 Å². The van der Waals surface area contributed by atoms with Crippen LogP contribution in [0.1, 0.15) is 32.3 Å². The molecule has 5 nitrogen and oxygen atoms in total. The van der Waals surface area contributed by atoms with Crippen molar-refractivity contribution in [3.63, 3.8) is 0 Å². The van der Waals surface area contributed by atoms with Gasteiger partial charge in [-0.1, -0.05) is 26.0 Å². The molecule has 0 aromatic heterocycles. The van der Waals surface area contributed by atoms with Crippen LogP contribution in [0, 0.1) is 11.8 Å². The molecule has 0 heterocycles. The van der Waals surface area contributed by atoms with E-state index in [1.807, 2.05) is 0 Å². The average Bonchev–Trinajstić information content (AvgIpc) is 2.72. The Labute approximate surface area is 124 Å². The number of urea groups is 1. The van der Waals surface area contributed by atoms with Gasteiger partial charge in [0.05, 0.1) is 6.42 Å². The minimum Gasteiger partial charge on any atom is -0.481 e. The minimum atomic E-state index is -0.863. The van der Waals surface area contributed by atoms with Gasteiger partial charge in [0.15, 0.2) is 0 Å². The van der Waals surface area contributed by atoms with Crippen LogP contribution < -0.4 is 10.6 Å². The highest BCUT2D eigenvalue weighted by molar-refractivity contribution is 5.89. The van der Waals surface area contributed by atoms with Gasteiger partial charge in [0.25, 0.3) is 0 Å². The van der Waals surface area contributed by atoms with E-state index >= 15 is 0 Å². The van der Waals surface area contributed by atoms with Gasteiger partial charge in [-0.3, -0.25) is 4.79 Å². The number of benzene rings is 1. The summed E-state index contributed by atoms with van der Waals surface area (Å²) in [5, 5.41) is 14.5. The van der Waals surface area contributed by atoms with Gasteiger partial charge in [0.1, 0.15) is 0 Å². The zero-order valence-corrected chi connectivity index (χ0v) is 12.4. The fourth-order valence-corrected chi connectivity index (χ4v) is 2.78. The third-order valence-electron chi connectivity index (χ3n) is 4.35. The molecule has 0 saturated heterocycles. The maximum absolute atomic E-state index is 12.0. The molecule has 5 heteroatoms. The number of carbonyl (C=O) groups is 2. The van der Waals surface area contributed by atoms with Crippen LogP contribution >= 0.6 is 0 Å². The van der Waals surface area contributed by atoms with Gasteiger partial charge in [-0.25, -0.2) is 4.79 Å². The second-order valence-corrected chi connectivity index (χ2v) is 5.89. The standard InChI is InChI=1S/C16H22N2O3/c1-10-3-8-14(11(10)2)18-16(21)17-13-6-4-12(5-7-13)9-15(19)20/h4-7,10-11,14H,3,8-9H2,1-2H3,(H,19,20)(H2,17,18,21). The molecule has 2 rings (SSSR count). The second-order valence-electron chi connectivity index (χ2n) is 5.89. The Morgan fingerprint density at radius 3 is 2.38 bits per heavy atom. The number of nitrogens with one attached hydrogen (secondary N) is 2. The van der Waals surface area contributed by atoms with Gasteiger partial charge in [0.2, 0.25) is 0 Å². The van der Waals surface area contributed by atoms with E-state index < -0.39 is 5.97 Å². The highest BCUT2D eigenvalue weighted by atomic mass is 16.4. The number of hydrogen-bond donors (Lipinski definition) is 3. The molecule has 3 atom stereocenters. The zero-order valence-electron chi connectivity index (χ0n) is 12.4. The van der Waals surface area contributed by atoms with E-state index in [1.165, 1.54) is 0 Å². The van der Waals surface area contributed by atoms with Crippen molar-refractivity contribution in [3.8, 4) is 0 Å². The Kier molecular flexibility index (Phi) is 4.83. The van der Waals surface area contributed by atoms with Crippen molar-refractivity contribution < 1.29 is 14.7 Å². The SMILES string of the molecule is CC1CCC(NC(=O)Nc2ccc(CC(=O)O)cc2)C1C. The molecule has 1 aromatic rings. The number of rotatable bonds is 4. The topological polar surface area (TPSA) is 78.4 Å².